The summed E-state index contributed by atoms with van der Waals surface area (Å²) in [7, 11) is 1.30. The van der Waals surface area contributed by atoms with Crippen molar-refractivity contribution in [3.05, 3.63) is 52.2 Å². The first kappa shape index (κ1) is 27.4. The predicted molar refractivity (Wildman–Crippen MR) is 150 cm³/mol. The Morgan fingerprint density at radius 3 is 2.47 bits per heavy atom. The van der Waals surface area contributed by atoms with Crippen LogP contribution in [0, 0.1) is 0 Å². The number of esters is 1. The number of hydrogen-bond donors (Lipinski definition) is 3. The Hall–Kier alpha value is -3.64. The van der Waals surface area contributed by atoms with Gasteiger partial charge in [-0.3, -0.25) is 4.79 Å². The number of nitrogens with one attached hydrogen (secondary N) is 3. The lowest BCUT2D eigenvalue weighted by Gasteiger charge is -2.41. The van der Waals surface area contributed by atoms with Crippen LogP contribution >= 0.6 is 22.7 Å². The second-order valence-electron chi connectivity index (χ2n) is 9.83. The molecule has 4 rings (SSSR count). The van der Waals surface area contributed by atoms with Crippen molar-refractivity contribution >= 4 is 62.8 Å². The minimum Gasteiger partial charge on any atom is -0.467 e. The summed E-state index contributed by atoms with van der Waals surface area (Å²) in [6.45, 7) is 6.18. The minimum absolute atomic E-state index is 0.310. The molecular weight excluding hydrogens is 526 g/mol. The molecule has 38 heavy (non-hydrogen) atoms. The van der Waals surface area contributed by atoms with Crippen LogP contribution in [0.1, 0.15) is 44.1 Å². The predicted octanol–water partition coefficient (Wildman–Crippen LogP) is 5.24. The molecule has 12 heteroatoms. The van der Waals surface area contributed by atoms with Gasteiger partial charge in [0.05, 0.1) is 24.2 Å². The average molecular weight is 558 g/mol. The maximum absolute atomic E-state index is 13.0. The highest BCUT2D eigenvalue weighted by Gasteiger charge is 2.45. The van der Waals surface area contributed by atoms with Gasteiger partial charge in [0.2, 0.25) is 0 Å². The number of thiophene rings is 1. The Morgan fingerprint density at radius 1 is 1.08 bits per heavy atom. The molecule has 1 aliphatic rings. The number of thiazole rings is 1. The molecule has 0 bridgehead atoms. The van der Waals surface area contributed by atoms with Crippen molar-refractivity contribution in [1.29, 1.82) is 0 Å². The molecule has 1 aromatic carbocycles. The number of methoxy groups -OCH3 is 1. The summed E-state index contributed by atoms with van der Waals surface area (Å²) in [5, 5.41) is 15.2. The fraction of sp³-hybridized carbons (Fsp3) is 0.385. The number of piperidine rings is 1. The third-order valence-electron chi connectivity index (χ3n) is 5.94. The summed E-state index contributed by atoms with van der Waals surface area (Å²) in [6, 6.07) is 9.41. The Kier molecular flexibility index (Phi) is 8.22. The highest BCUT2D eigenvalue weighted by molar-refractivity contribution is 7.14. The number of carbonyl (C=O) groups is 3. The molecule has 3 N–H and O–H groups in total. The maximum atomic E-state index is 13.0. The van der Waals surface area contributed by atoms with Crippen LogP contribution in [-0.4, -0.2) is 54.3 Å². The third-order valence-corrected chi connectivity index (χ3v) is 7.38. The van der Waals surface area contributed by atoms with Crippen LogP contribution in [0.3, 0.4) is 0 Å². The second kappa shape index (κ2) is 11.4. The van der Waals surface area contributed by atoms with Crippen LogP contribution in [0.15, 0.2) is 46.5 Å². The standard InChI is InChI=1S/C26H31N5O5S2/c1-25(2,3)36-24(34)30-26(22(33)35-4)10-12-31(13-11-26)20-8-6-5-7-18(20)28-21(32)19-16-38-23(29-19)27-17-9-14-37-15-17/h5-9,14-16H,10-13H2,1-4H3,(H,27,29)(H,28,32)(H,30,34). The lowest BCUT2D eigenvalue weighted by atomic mass is 9.87. The summed E-state index contributed by atoms with van der Waals surface area (Å²) in [5.74, 6) is -0.834. The van der Waals surface area contributed by atoms with Gasteiger partial charge < -0.3 is 30.3 Å². The summed E-state index contributed by atoms with van der Waals surface area (Å²) in [6.07, 6.45) is -0.0457. The highest BCUT2D eigenvalue weighted by Crippen LogP contribution is 2.33. The van der Waals surface area contributed by atoms with Gasteiger partial charge in [-0.05, 0) is 57.2 Å². The van der Waals surface area contributed by atoms with E-state index >= 15 is 0 Å². The van der Waals surface area contributed by atoms with Gasteiger partial charge in [0, 0.05) is 23.8 Å². The summed E-state index contributed by atoms with van der Waals surface area (Å²) >= 11 is 2.93. The van der Waals surface area contributed by atoms with E-state index in [1.165, 1.54) is 18.4 Å². The van der Waals surface area contributed by atoms with Crippen molar-refractivity contribution in [2.24, 2.45) is 0 Å². The van der Waals surface area contributed by atoms with Crippen LogP contribution in [0.2, 0.25) is 0 Å². The van der Waals surface area contributed by atoms with Gasteiger partial charge in [-0.25, -0.2) is 14.6 Å². The van der Waals surface area contributed by atoms with Crippen LogP contribution in [-0.2, 0) is 14.3 Å². The van der Waals surface area contributed by atoms with Gasteiger partial charge in [-0.15, -0.1) is 11.3 Å². The zero-order valence-electron chi connectivity index (χ0n) is 21.7. The van der Waals surface area contributed by atoms with Crippen molar-refractivity contribution < 1.29 is 23.9 Å². The molecule has 0 spiro atoms. The largest absolute Gasteiger partial charge is 0.467 e. The van der Waals surface area contributed by atoms with Crippen LogP contribution < -0.4 is 20.9 Å². The number of anilines is 4. The van der Waals surface area contributed by atoms with Gasteiger partial charge >= 0.3 is 12.1 Å². The molecule has 0 saturated carbocycles. The smallest absolute Gasteiger partial charge is 0.408 e. The van der Waals surface area contributed by atoms with Gasteiger partial charge in [0.1, 0.15) is 16.8 Å². The molecule has 3 heterocycles. The highest BCUT2D eigenvalue weighted by atomic mass is 32.1. The Bertz CT molecular complexity index is 1280. The number of nitrogens with zero attached hydrogens (tertiary/aromatic N) is 2. The lowest BCUT2D eigenvalue weighted by molar-refractivity contribution is -0.149. The molecule has 1 saturated heterocycles. The first-order valence-electron chi connectivity index (χ1n) is 12.1. The van der Waals surface area contributed by atoms with Crippen molar-refractivity contribution in [1.82, 2.24) is 10.3 Å². The SMILES string of the molecule is COC(=O)C1(NC(=O)OC(C)(C)C)CCN(c2ccccc2NC(=O)c2csc(Nc3ccsc3)n2)CC1. The van der Waals surface area contributed by atoms with E-state index in [2.05, 4.69) is 25.8 Å². The lowest BCUT2D eigenvalue weighted by Crippen LogP contribution is -2.61. The third kappa shape index (κ3) is 6.62. The molecule has 0 atom stereocenters. The number of benzene rings is 1. The number of alkyl carbamates (subject to hydrolysis) is 1. The molecule has 0 radical (unpaired) electrons. The number of para-hydroxylation sites is 2. The van der Waals surface area contributed by atoms with Crippen molar-refractivity contribution in [3.8, 4) is 0 Å². The molecule has 0 aliphatic carbocycles. The molecule has 202 valence electrons. The zero-order valence-corrected chi connectivity index (χ0v) is 23.3. The number of hydrogen-bond acceptors (Lipinski definition) is 10. The van der Waals surface area contributed by atoms with E-state index in [9.17, 15) is 14.4 Å². The Balaban J connectivity index is 1.44. The van der Waals surface area contributed by atoms with Crippen molar-refractivity contribution in [2.75, 3.05) is 35.7 Å². The topological polar surface area (TPSA) is 122 Å². The van der Waals surface area contributed by atoms with E-state index in [-0.39, 0.29) is 5.91 Å². The quantitative estimate of drug-likeness (QED) is 0.337. The summed E-state index contributed by atoms with van der Waals surface area (Å²) in [4.78, 5) is 44.7. The van der Waals surface area contributed by atoms with Crippen molar-refractivity contribution in [3.63, 3.8) is 0 Å². The van der Waals surface area contributed by atoms with Crippen LogP contribution in [0.25, 0.3) is 0 Å². The molecule has 10 nitrogen and oxygen atoms in total. The van der Waals surface area contributed by atoms with Crippen LogP contribution in [0.5, 0.6) is 0 Å². The van der Waals surface area contributed by atoms with E-state index in [1.54, 1.807) is 37.5 Å². The van der Waals surface area contributed by atoms with E-state index < -0.39 is 23.2 Å². The molecule has 2 aromatic heterocycles. The molecule has 1 fully saturated rings. The van der Waals surface area contributed by atoms with E-state index in [0.29, 0.717) is 42.4 Å². The number of amides is 2. The number of carbonyl (C=O) groups excluding carboxylic acids is 3. The summed E-state index contributed by atoms with van der Waals surface area (Å²) in [5.41, 5.74) is 0.783. The first-order chi connectivity index (χ1) is 18.1. The van der Waals surface area contributed by atoms with E-state index in [1.807, 2.05) is 41.1 Å². The Morgan fingerprint density at radius 2 is 1.82 bits per heavy atom. The average Bonchev–Trinajstić information content (AvgIpc) is 3.56. The summed E-state index contributed by atoms with van der Waals surface area (Å²) < 4.78 is 10.4. The monoisotopic (exact) mass is 557 g/mol. The molecule has 1 aliphatic heterocycles. The van der Waals surface area contributed by atoms with Gasteiger partial charge in [0.25, 0.3) is 5.91 Å². The van der Waals surface area contributed by atoms with Gasteiger partial charge in [0.15, 0.2) is 5.13 Å². The number of aromatic nitrogens is 1. The molecule has 3 aromatic rings. The zero-order chi connectivity index (χ0) is 27.3. The van der Waals surface area contributed by atoms with E-state index in [0.717, 1.165) is 11.4 Å². The molecule has 2 amide bonds. The number of rotatable bonds is 7. The normalized spacial score (nSPS) is 14.9. The fourth-order valence-electron chi connectivity index (χ4n) is 4.14. The molecule has 0 unspecified atom stereocenters. The fourth-order valence-corrected chi connectivity index (χ4v) is 5.44. The second-order valence-corrected chi connectivity index (χ2v) is 11.5. The maximum Gasteiger partial charge on any atom is 0.408 e. The number of ether oxygens (including phenoxy) is 2. The minimum atomic E-state index is -1.20. The van der Waals surface area contributed by atoms with Gasteiger partial charge in [-0.2, -0.15) is 11.3 Å². The first-order valence-corrected chi connectivity index (χ1v) is 13.9. The van der Waals surface area contributed by atoms with Gasteiger partial charge in [-0.1, -0.05) is 12.1 Å². The Labute approximate surface area is 229 Å². The molecular formula is C26H31N5O5S2. The van der Waals surface area contributed by atoms with Crippen molar-refractivity contribution in [2.45, 2.75) is 44.8 Å². The van der Waals surface area contributed by atoms with Crippen LogP contribution in [0.4, 0.5) is 27.0 Å². The van der Waals surface area contributed by atoms with E-state index in [4.69, 9.17) is 9.47 Å².